The number of hydrogen-bond acceptors (Lipinski definition) is 11. The zero-order valence-corrected chi connectivity index (χ0v) is 17.0. The van der Waals surface area contributed by atoms with Gasteiger partial charge in [-0.2, -0.15) is 0 Å². The van der Waals surface area contributed by atoms with E-state index in [4.69, 9.17) is 33.5 Å². The number of hydrogen-bond donors (Lipinski definition) is 1. The lowest BCUT2D eigenvalue weighted by atomic mass is 9.98. The van der Waals surface area contributed by atoms with Crippen LogP contribution < -0.4 is 0 Å². The van der Waals surface area contributed by atoms with Crippen molar-refractivity contribution in [1.82, 2.24) is 0 Å². The molecular weight excluding hydrogens is 392 g/mol. The SMILES string of the molecule is CC(=O)OC[C@H]1O[C@@H](OCCCCO)[C@H](OC(C)=O)[C@@H](OC(C)=O)[C@@H]1OC(C)=O. The maximum atomic E-state index is 11.7. The first-order valence-corrected chi connectivity index (χ1v) is 9.18. The van der Waals surface area contributed by atoms with Gasteiger partial charge < -0.3 is 33.5 Å². The molecule has 1 aliphatic heterocycles. The summed E-state index contributed by atoms with van der Waals surface area (Å²) >= 11 is 0. The van der Waals surface area contributed by atoms with Gasteiger partial charge in [0.25, 0.3) is 0 Å². The van der Waals surface area contributed by atoms with Crippen LogP contribution in [0.3, 0.4) is 0 Å². The lowest BCUT2D eigenvalue weighted by Gasteiger charge is -2.44. The van der Waals surface area contributed by atoms with Gasteiger partial charge in [0.15, 0.2) is 24.6 Å². The normalized spacial score (nSPS) is 26.3. The lowest BCUT2D eigenvalue weighted by molar-refractivity contribution is -0.308. The fourth-order valence-corrected chi connectivity index (χ4v) is 2.74. The highest BCUT2D eigenvalue weighted by Gasteiger charge is 2.52. The molecule has 0 aromatic carbocycles. The first kappa shape index (κ1) is 24.8. The molecule has 1 aliphatic rings. The molecule has 29 heavy (non-hydrogen) atoms. The summed E-state index contributed by atoms with van der Waals surface area (Å²) in [5.41, 5.74) is 0. The van der Waals surface area contributed by atoms with Gasteiger partial charge in [-0.15, -0.1) is 0 Å². The minimum atomic E-state index is -1.25. The van der Waals surface area contributed by atoms with E-state index in [2.05, 4.69) is 0 Å². The Balaban J connectivity index is 3.17. The number of carbonyl (C=O) groups is 4. The molecule has 0 radical (unpaired) electrons. The molecule has 0 spiro atoms. The van der Waals surface area contributed by atoms with Crippen molar-refractivity contribution in [2.45, 2.75) is 71.2 Å². The highest BCUT2D eigenvalue weighted by molar-refractivity contribution is 5.68. The Labute approximate surface area is 168 Å². The zero-order chi connectivity index (χ0) is 22.0. The average Bonchev–Trinajstić information content (AvgIpc) is 2.60. The van der Waals surface area contributed by atoms with Gasteiger partial charge in [-0.1, -0.05) is 0 Å². The molecule has 1 N–H and O–H groups in total. The molecule has 0 amide bonds. The van der Waals surface area contributed by atoms with Crippen molar-refractivity contribution in [1.29, 1.82) is 0 Å². The van der Waals surface area contributed by atoms with Crippen LogP contribution in [0.25, 0.3) is 0 Å². The fraction of sp³-hybridized carbons (Fsp3) is 0.778. The highest BCUT2D eigenvalue weighted by Crippen LogP contribution is 2.30. The maximum Gasteiger partial charge on any atom is 0.303 e. The number of rotatable bonds is 10. The number of carbonyl (C=O) groups excluding carboxylic acids is 4. The number of aliphatic hydroxyl groups is 1. The van der Waals surface area contributed by atoms with Gasteiger partial charge in [0.05, 0.1) is 0 Å². The maximum absolute atomic E-state index is 11.7. The molecule has 5 atom stereocenters. The minimum absolute atomic E-state index is 0.0259. The van der Waals surface area contributed by atoms with Crippen LogP contribution in [0.15, 0.2) is 0 Å². The molecule has 0 aromatic rings. The average molecular weight is 420 g/mol. The van der Waals surface area contributed by atoms with E-state index in [9.17, 15) is 19.2 Å². The van der Waals surface area contributed by atoms with E-state index in [0.29, 0.717) is 12.8 Å². The van der Waals surface area contributed by atoms with Crippen LogP contribution in [-0.4, -0.2) is 79.5 Å². The second kappa shape index (κ2) is 12.3. The molecule has 166 valence electrons. The number of unbranched alkanes of at least 4 members (excludes halogenated alkanes) is 1. The Morgan fingerprint density at radius 1 is 0.793 bits per heavy atom. The van der Waals surface area contributed by atoms with Gasteiger partial charge in [-0.3, -0.25) is 19.2 Å². The molecule has 1 fully saturated rings. The van der Waals surface area contributed by atoms with Crippen molar-refractivity contribution in [2.75, 3.05) is 19.8 Å². The van der Waals surface area contributed by atoms with Gasteiger partial charge in [-0.05, 0) is 12.8 Å². The van der Waals surface area contributed by atoms with Crippen molar-refractivity contribution < 1.29 is 52.7 Å². The summed E-state index contributed by atoms with van der Waals surface area (Å²) in [4.78, 5) is 46.1. The Bertz CT molecular complexity index is 576. The van der Waals surface area contributed by atoms with E-state index in [0.717, 1.165) is 20.8 Å². The topological polar surface area (TPSA) is 144 Å². The molecule has 0 aromatic heterocycles. The molecule has 0 aliphatic carbocycles. The molecule has 11 heteroatoms. The summed E-state index contributed by atoms with van der Waals surface area (Å²) in [6.45, 7) is 4.44. The summed E-state index contributed by atoms with van der Waals surface area (Å²) in [6, 6.07) is 0. The molecule has 1 heterocycles. The quantitative estimate of drug-likeness (QED) is 0.286. The van der Waals surface area contributed by atoms with Crippen molar-refractivity contribution in [3.05, 3.63) is 0 Å². The van der Waals surface area contributed by atoms with Gasteiger partial charge >= 0.3 is 23.9 Å². The number of ether oxygens (including phenoxy) is 6. The first-order valence-electron chi connectivity index (χ1n) is 9.18. The van der Waals surface area contributed by atoms with Crippen LogP contribution in [0.4, 0.5) is 0 Å². The van der Waals surface area contributed by atoms with E-state index in [1.54, 1.807) is 0 Å². The van der Waals surface area contributed by atoms with E-state index < -0.39 is 54.6 Å². The van der Waals surface area contributed by atoms with Gasteiger partial charge in [-0.25, -0.2) is 0 Å². The Hall–Kier alpha value is -2.24. The molecule has 0 unspecified atom stereocenters. The molecule has 0 saturated carbocycles. The van der Waals surface area contributed by atoms with E-state index in [1.165, 1.54) is 6.92 Å². The molecule has 11 nitrogen and oxygen atoms in total. The van der Waals surface area contributed by atoms with Gasteiger partial charge in [0, 0.05) is 40.9 Å². The Morgan fingerprint density at radius 3 is 1.86 bits per heavy atom. The van der Waals surface area contributed by atoms with Crippen LogP contribution in [-0.2, 0) is 47.6 Å². The smallest absolute Gasteiger partial charge is 0.303 e. The molecule has 1 rings (SSSR count). The molecule has 0 bridgehead atoms. The Morgan fingerprint density at radius 2 is 1.34 bits per heavy atom. The Kier molecular flexibility index (Phi) is 10.6. The third-order valence-corrected chi connectivity index (χ3v) is 3.78. The van der Waals surface area contributed by atoms with Gasteiger partial charge in [0.1, 0.15) is 12.7 Å². The van der Waals surface area contributed by atoms with Crippen molar-refractivity contribution in [3.63, 3.8) is 0 Å². The summed E-state index contributed by atoms with van der Waals surface area (Å²) in [5, 5.41) is 8.89. The predicted molar refractivity (Wildman–Crippen MR) is 94.2 cm³/mol. The summed E-state index contributed by atoms with van der Waals surface area (Å²) in [5.74, 6) is -2.70. The fourth-order valence-electron chi connectivity index (χ4n) is 2.74. The second-order valence-electron chi connectivity index (χ2n) is 6.37. The summed E-state index contributed by atoms with van der Waals surface area (Å²) in [6.07, 6.45) is -4.95. The van der Waals surface area contributed by atoms with Crippen LogP contribution in [0.1, 0.15) is 40.5 Å². The van der Waals surface area contributed by atoms with Crippen LogP contribution in [0.2, 0.25) is 0 Å². The molecule has 1 saturated heterocycles. The van der Waals surface area contributed by atoms with Crippen molar-refractivity contribution >= 4 is 23.9 Å². The lowest BCUT2D eigenvalue weighted by Crippen LogP contribution is -2.63. The minimum Gasteiger partial charge on any atom is -0.463 e. The zero-order valence-electron chi connectivity index (χ0n) is 17.0. The number of aliphatic hydroxyl groups excluding tert-OH is 1. The highest BCUT2D eigenvalue weighted by atomic mass is 16.7. The standard InChI is InChI=1S/C18H28O11/c1-10(20)25-9-14-15(26-11(2)21)16(27-12(3)22)17(28-13(4)23)18(29-14)24-8-6-5-7-19/h14-19H,5-9H2,1-4H3/t14-,15-,16+,17-,18-/m1/s1. The van der Waals surface area contributed by atoms with Crippen LogP contribution in [0.5, 0.6) is 0 Å². The third-order valence-electron chi connectivity index (χ3n) is 3.78. The second-order valence-corrected chi connectivity index (χ2v) is 6.37. The van der Waals surface area contributed by atoms with E-state index in [1.807, 2.05) is 0 Å². The van der Waals surface area contributed by atoms with Crippen LogP contribution in [0, 0.1) is 0 Å². The summed E-state index contributed by atoms with van der Waals surface area (Å²) in [7, 11) is 0. The monoisotopic (exact) mass is 420 g/mol. The largest absolute Gasteiger partial charge is 0.463 e. The van der Waals surface area contributed by atoms with E-state index >= 15 is 0 Å². The summed E-state index contributed by atoms with van der Waals surface area (Å²) < 4.78 is 32.1. The number of esters is 4. The van der Waals surface area contributed by atoms with E-state index in [-0.39, 0.29) is 19.8 Å². The molecular formula is C18H28O11. The first-order chi connectivity index (χ1) is 13.6. The predicted octanol–water partition coefficient (Wildman–Crippen LogP) is -0.141. The van der Waals surface area contributed by atoms with Crippen LogP contribution >= 0.6 is 0 Å². The van der Waals surface area contributed by atoms with Crippen molar-refractivity contribution in [2.24, 2.45) is 0 Å². The van der Waals surface area contributed by atoms with Gasteiger partial charge in [0.2, 0.25) is 0 Å². The van der Waals surface area contributed by atoms with Crippen molar-refractivity contribution in [3.8, 4) is 0 Å². The third kappa shape index (κ3) is 8.75.